The Bertz CT molecular complexity index is 752. The number of likely N-dealkylation sites (tertiary alicyclic amines) is 1. The lowest BCUT2D eigenvalue weighted by molar-refractivity contribution is 0.00928. The molecule has 0 bridgehead atoms. The van der Waals surface area contributed by atoms with Gasteiger partial charge in [-0.1, -0.05) is 0 Å². The summed E-state index contributed by atoms with van der Waals surface area (Å²) in [6, 6.07) is 0.248. The molecule has 1 saturated carbocycles. The van der Waals surface area contributed by atoms with Crippen LogP contribution in [0.4, 0.5) is 4.79 Å². The molecule has 0 atom stereocenters. The number of aliphatic imine (C=N–C) groups is 1. The second kappa shape index (κ2) is 12.4. The molecule has 7 nitrogen and oxygen atoms in total. The van der Waals surface area contributed by atoms with Crippen LogP contribution in [0.15, 0.2) is 10.4 Å². The van der Waals surface area contributed by atoms with E-state index >= 15 is 0 Å². The average molecular weight is 578 g/mol. The molecule has 0 unspecified atom stereocenters. The van der Waals surface area contributed by atoms with Crippen LogP contribution in [0, 0.1) is 12.8 Å². The minimum absolute atomic E-state index is 0. The maximum atomic E-state index is 12.8. The third kappa shape index (κ3) is 8.68. The van der Waals surface area contributed by atoms with Crippen LogP contribution >= 0.6 is 35.3 Å². The van der Waals surface area contributed by atoms with Gasteiger partial charge in [0, 0.05) is 56.8 Å². The number of nitrogens with one attached hydrogen (secondary N) is 1. The van der Waals surface area contributed by atoms with Crippen LogP contribution in [0.3, 0.4) is 0 Å². The topological polar surface area (TPSA) is 70.1 Å². The Hall–Kier alpha value is -1.10. The summed E-state index contributed by atoms with van der Waals surface area (Å²) in [7, 11) is 1.85. The van der Waals surface area contributed by atoms with Gasteiger partial charge in [0.2, 0.25) is 0 Å². The van der Waals surface area contributed by atoms with Gasteiger partial charge in [-0.2, -0.15) is 0 Å². The largest absolute Gasteiger partial charge is 0.444 e. The molecule has 32 heavy (non-hydrogen) atoms. The molecule has 182 valence electrons. The summed E-state index contributed by atoms with van der Waals surface area (Å²) in [5.74, 6) is 1.61. The van der Waals surface area contributed by atoms with Crippen molar-refractivity contribution in [3.05, 3.63) is 16.1 Å². The minimum Gasteiger partial charge on any atom is -0.444 e. The minimum atomic E-state index is -0.455. The molecule has 1 N–H and O–H groups in total. The quantitative estimate of drug-likeness (QED) is 0.221. The van der Waals surface area contributed by atoms with Gasteiger partial charge in [0.1, 0.15) is 5.60 Å². The predicted octanol–water partition coefficient (Wildman–Crippen LogP) is 4.69. The van der Waals surface area contributed by atoms with E-state index in [2.05, 4.69) is 25.6 Å². The Labute approximate surface area is 214 Å². The van der Waals surface area contributed by atoms with Crippen LogP contribution in [0.1, 0.15) is 63.6 Å². The summed E-state index contributed by atoms with van der Waals surface area (Å²) >= 11 is 1.74. The molecule has 1 aliphatic heterocycles. The number of carbonyl (C=O) groups is 1. The van der Waals surface area contributed by atoms with Crippen molar-refractivity contribution in [2.24, 2.45) is 10.9 Å². The fraction of sp³-hybridized carbons (Fsp3) is 0.783. The molecule has 1 aromatic rings. The Morgan fingerprint density at radius 1 is 1.31 bits per heavy atom. The molecule has 0 radical (unpaired) electrons. The summed E-state index contributed by atoms with van der Waals surface area (Å²) in [5.41, 5.74) is 0.650. The number of rotatable bonds is 7. The molecule has 1 aliphatic carbocycles. The van der Waals surface area contributed by atoms with Crippen LogP contribution in [0.2, 0.25) is 0 Å². The molecule has 9 heteroatoms. The summed E-state index contributed by atoms with van der Waals surface area (Å²) in [4.78, 5) is 26.2. The first-order valence-corrected chi connectivity index (χ1v) is 12.5. The standard InChI is InChI=1S/C23H39N5O2S.HI/c1-17-16-31-20(26-17)7-6-12-25-21(24-5)27-13-10-19(11-14-27)28(15-18-8-9-18)22(29)30-23(2,3)4;/h16,18-19H,6-15H2,1-5H3,(H,24,25);1H. The highest BCUT2D eigenvalue weighted by atomic mass is 127. The first-order chi connectivity index (χ1) is 14.7. The number of halogens is 1. The third-order valence-electron chi connectivity index (χ3n) is 5.71. The second-order valence-corrected chi connectivity index (χ2v) is 10.7. The van der Waals surface area contributed by atoms with E-state index in [1.807, 2.05) is 39.6 Å². The van der Waals surface area contributed by atoms with Crippen molar-refractivity contribution in [3.8, 4) is 0 Å². The highest BCUT2D eigenvalue weighted by Gasteiger charge is 2.35. The average Bonchev–Trinajstić information content (AvgIpc) is 3.44. The molecule has 1 amide bonds. The van der Waals surface area contributed by atoms with E-state index in [4.69, 9.17) is 4.74 Å². The number of amides is 1. The number of ether oxygens (including phenoxy) is 1. The highest BCUT2D eigenvalue weighted by molar-refractivity contribution is 14.0. The SMILES string of the molecule is CN=C(NCCCc1nc(C)cs1)N1CCC(N(CC2CC2)C(=O)OC(C)(C)C)CC1.I. The van der Waals surface area contributed by atoms with Gasteiger partial charge in [0.15, 0.2) is 5.96 Å². The number of thiazole rings is 1. The van der Waals surface area contributed by atoms with Crippen LogP contribution in [-0.4, -0.2) is 71.7 Å². The lowest BCUT2D eigenvalue weighted by Crippen LogP contribution is -2.52. The van der Waals surface area contributed by atoms with Crippen LogP contribution in [0.25, 0.3) is 0 Å². The molecule has 0 aromatic carbocycles. The Kier molecular flexibility index (Phi) is 10.5. The summed E-state index contributed by atoms with van der Waals surface area (Å²) in [6.45, 7) is 11.4. The third-order valence-corrected chi connectivity index (χ3v) is 6.74. The Balaban J connectivity index is 0.00000363. The first kappa shape index (κ1) is 27.1. The second-order valence-electron chi connectivity index (χ2n) is 9.75. The molecule has 2 heterocycles. The van der Waals surface area contributed by atoms with E-state index in [9.17, 15) is 4.79 Å². The van der Waals surface area contributed by atoms with Crippen molar-refractivity contribution in [2.45, 2.75) is 77.9 Å². The van der Waals surface area contributed by atoms with E-state index in [1.54, 1.807) is 11.3 Å². The normalized spacial score (nSPS) is 17.7. The Morgan fingerprint density at radius 3 is 2.53 bits per heavy atom. The van der Waals surface area contributed by atoms with Gasteiger partial charge < -0.3 is 19.9 Å². The highest BCUT2D eigenvalue weighted by Crippen LogP contribution is 2.32. The van der Waals surface area contributed by atoms with Crippen molar-refractivity contribution < 1.29 is 9.53 Å². The fourth-order valence-electron chi connectivity index (χ4n) is 3.95. The van der Waals surface area contributed by atoms with Gasteiger partial charge in [-0.25, -0.2) is 9.78 Å². The number of guanidine groups is 1. The summed E-state index contributed by atoms with van der Waals surface area (Å²) < 4.78 is 5.71. The van der Waals surface area contributed by atoms with Crippen LogP contribution < -0.4 is 5.32 Å². The van der Waals surface area contributed by atoms with Gasteiger partial charge in [0.05, 0.1) is 5.01 Å². The van der Waals surface area contributed by atoms with Gasteiger partial charge >= 0.3 is 6.09 Å². The molecule has 3 rings (SSSR count). The van der Waals surface area contributed by atoms with E-state index < -0.39 is 5.60 Å². The lowest BCUT2D eigenvalue weighted by Gasteiger charge is -2.40. The van der Waals surface area contributed by atoms with Crippen LogP contribution in [-0.2, 0) is 11.2 Å². The van der Waals surface area contributed by atoms with Gasteiger partial charge in [-0.05, 0) is 65.7 Å². The van der Waals surface area contributed by atoms with E-state index in [0.717, 1.165) is 63.5 Å². The molecular formula is C23H40IN5O2S. The van der Waals surface area contributed by atoms with Crippen molar-refractivity contribution in [1.82, 2.24) is 20.1 Å². The van der Waals surface area contributed by atoms with Crippen molar-refractivity contribution >= 4 is 47.4 Å². The number of hydrogen-bond donors (Lipinski definition) is 1. The van der Waals surface area contributed by atoms with Crippen molar-refractivity contribution in [1.29, 1.82) is 0 Å². The zero-order chi connectivity index (χ0) is 22.4. The number of carbonyl (C=O) groups excluding carboxylic acids is 1. The fourth-order valence-corrected chi connectivity index (χ4v) is 4.77. The van der Waals surface area contributed by atoms with Gasteiger partial charge in [-0.15, -0.1) is 35.3 Å². The number of aryl methyl sites for hydroxylation is 2. The number of piperidine rings is 1. The molecular weight excluding hydrogens is 537 g/mol. The maximum Gasteiger partial charge on any atom is 0.410 e. The molecule has 2 fully saturated rings. The molecule has 1 aromatic heterocycles. The Morgan fingerprint density at radius 2 is 2.00 bits per heavy atom. The molecule has 1 saturated heterocycles. The number of nitrogens with zero attached hydrogens (tertiary/aromatic N) is 4. The van der Waals surface area contributed by atoms with E-state index in [-0.39, 0.29) is 36.1 Å². The number of aromatic nitrogens is 1. The molecule has 2 aliphatic rings. The smallest absolute Gasteiger partial charge is 0.410 e. The van der Waals surface area contributed by atoms with Gasteiger partial charge in [-0.3, -0.25) is 4.99 Å². The lowest BCUT2D eigenvalue weighted by atomic mass is 10.0. The van der Waals surface area contributed by atoms with Gasteiger partial charge in [0.25, 0.3) is 0 Å². The predicted molar refractivity (Wildman–Crippen MR) is 142 cm³/mol. The summed E-state index contributed by atoms with van der Waals surface area (Å²) in [5, 5.41) is 6.81. The van der Waals surface area contributed by atoms with Crippen molar-refractivity contribution in [3.63, 3.8) is 0 Å². The summed E-state index contributed by atoms with van der Waals surface area (Å²) in [6.07, 6.45) is 6.24. The zero-order valence-electron chi connectivity index (χ0n) is 20.2. The van der Waals surface area contributed by atoms with E-state index in [1.165, 1.54) is 17.8 Å². The van der Waals surface area contributed by atoms with Crippen molar-refractivity contribution in [2.75, 3.05) is 33.2 Å². The van der Waals surface area contributed by atoms with Crippen LogP contribution in [0.5, 0.6) is 0 Å². The zero-order valence-corrected chi connectivity index (χ0v) is 23.4. The molecule has 0 spiro atoms. The number of hydrogen-bond acceptors (Lipinski definition) is 5. The van der Waals surface area contributed by atoms with E-state index in [0.29, 0.717) is 5.92 Å². The maximum absolute atomic E-state index is 12.8. The first-order valence-electron chi connectivity index (χ1n) is 11.6. The monoisotopic (exact) mass is 577 g/mol.